The fourth-order valence-electron chi connectivity index (χ4n) is 1.38. The third-order valence-electron chi connectivity index (χ3n) is 2.25. The van der Waals surface area contributed by atoms with Gasteiger partial charge >= 0.3 is 0 Å². The normalized spacial score (nSPS) is 10.1. The Bertz CT molecular complexity index is 616. The van der Waals surface area contributed by atoms with Crippen LogP contribution in [0.4, 0.5) is 11.4 Å². The van der Waals surface area contributed by atoms with E-state index in [9.17, 15) is 4.79 Å². The molecule has 2 rings (SSSR count). The molecule has 0 saturated heterocycles. The summed E-state index contributed by atoms with van der Waals surface area (Å²) in [6.45, 7) is -0.217. The molecular formula is C12H10Cl2N4O2. The number of hydrogen-bond acceptors (Lipinski definition) is 5. The van der Waals surface area contributed by atoms with E-state index in [0.29, 0.717) is 11.4 Å². The van der Waals surface area contributed by atoms with Gasteiger partial charge in [-0.25, -0.2) is 9.97 Å². The van der Waals surface area contributed by atoms with E-state index >= 15 is 0 Å². The standard InChI is InChI=1S/C12H10Cl2N4O2/c13-11-10(12(14)17-6-16-11)18-9(19)5-20-8-3-1-2-7(15)4-8/h1-4,6H,5,15H2,(H,18,19). The minimum Gasteiger partial charge on any atom is -0.484 e. The van der Waals surface area contributed by atoms with Gasteiger partial charge in [0.05, 0.1) is 0 Å². The number of nitrogen functional groups attached to an aromatic ring is 1. The first kappa shape index (κ1) is 14.4. The van der Waals surface area contributed by atoms with Gasteiger partial charge in [-0.1, -0.05) is 29.3 Å². The Morgan fingerprint density at radius 1 is 1.30 bits per heavy atom. The van der Waals surface area contributed by atoms with E-state index in [2.05, 4.69) is 15.3 Å². The van der Waals surface area contributed by atoms with Crippen molar-refractivity contribution in [3.8, 4) is 5.75 Å². The number of rotatable bonds is 4. The summed E-state index contributed by atoms with van der Waals surface area (Å²) in [5.41, 5.74) is 6.29. The van der Waals surface area contributed by atoms with Crippen molar-refractivity contribution in [1.29, 1.82) is 0 Å². The Kier molecular flexibility index (Phi) is 4.60. The van der Waals surface area contributed by atoms with E-state index in [1.165, 1.54) is 6.33 Å². The number of ether oxygens (including phenoxy) is 1. The number of aromatic nitrogens is 2. The molecule has 0 atom stereocenters. The maximum Gasteiger partial charge on any atom is 0.262 e. The van der Waals surface area contributed by atoms with Crippen molar-refractivity contribution in [3.63, 3.8) is 0 Å². The molecule has 3 N–H and O–H groups in total. The predicted octanol–water partition coefficient (Wildman–Crippen LogP) is 2.38. The van der Waals surface area contributed by atoms with Crippen LogP contribution >= 0.6 is 23.2 Å². The topological polar surface area (TPSA) is 90.1 Å². The lowest BCUT2D eigenvalue weighted by Gasteiger charge is -2.09. The molecule has 0 unspecified atom stereocenters. The lowest BCUT2D eigenvalue weighted by Crippen LogP contribution is -2.21. The number of carbonyl (C=O) groups is 1. The van der Waals surface area contributed by atoms with Crippen molar-refractivity contribution in [3.05, 3.63) is 40.9 Å². The van der Waals surface area contributed by atoms with Gasteiger partial charge in [0.1, 0.15) is 17.8 Å². The van der Waals surface area contributed by atoms with Crippen LogP contribution in [0.2, 0.25) is 10.3 Å². The summed E-state index contributed by atoms with van der Waals surface area (Å²) in [6, 6.07) is 6.74. The molecule has 0 fully saturated rings. The van der Waals surface area contributed by atoms with E-state index in [-0.39, 0.29) is 22.6 Å². The van der Waals surface area contributed by atoms with Crippen molar-refractivity contribution in [2.75, 3.05) is 17.7 Å². The van der Waals surface area contributed by atoms with Crippen LogP contribution in [0.5, 0.6) is 5.75 Å². The maximum absolute atomic E-state index is 11.7. The molecule has 0 aliphatic heterocycles. The number of amides is 1. The van der Waals surface area contributed by atoms with Gasteiger partial charge in [0.15, 0.2) is 16.9 Å². The first-order valence-electron chi connectivity index (χ1n) is 5.50. The summed E-state index contributed by atoms with van der Waals surface area (Å²) in [4.78, 5) is 19.2. The molecule has 0 radical (unpaired) electrons. The van der Waals surface area contributed by atoms with Gasteiger partial charge in [-0.2, -0.15) is 0 Å². The Labute approximate surface area is 124 Å². The number of nitrogens with one attached hydrogen (secondary N) is 1. The van der Waals surface area contributed by atoms with Crippen LogP contribution in [0.25, 0.3) is 0 Å². The van der Waals surface area contributed by atoms with Crippen molar-refractivity contribution >= 4 is 40.5 Å². The van der Waals surface area contributed by atoms with E-state index in [4.69, 9.17) is 33.7 Å². The third-order valence-corrected chi connectivity index (χ3v) is 2.82. The number of nitrogens with two attached hydrogens (primary N) is 1. The van der Waals surface area contributed by atoms with Gasteiger partial charge in [-0.3, -0.25) is 4.79 Å². The lowest BCUT2D eigenvalue weighted by molar-refractivity contribution is -0.118. The molecular weight excluding hydrogens is 303 g/mol. The van der Waals surface area contributed by atoms with Gasteiger partial charge < -0.3 is 15.8 Å². The Balaban J connectivity index is 1.96. The number of carbonyl (C=O) groups excluding carboxylic acids is 1. The number of benzene rings is 1. The first-order valence-corrected chi connectivity index (χ1v) is 6.26. The van der Waals surface area contributed by atoms with Crippen LogP contribution in [0.3, 0.4) is 0 Å². The maximum atomic E-state index is 11.7. The van der Waals surface area contributed by atoms with Crippen molar-refractivity contribution in [1.82, 2.24) is 9.97 Å². The molecule has 1 aromatic carbocycles. The number of halogens is 2. The van der Waals surface area contributed by atoms with Crippen molar-refractivity contribution < 1.29 is 9.53 Å². The molecule has 0 saturated carbocycles. The van der Waals surface area contributed by atoms with E-state index in [0.717, 1.165) is 0 Å². The summed E-state index contributed by atoms with van der Waals surface area (Å²) in [5.74, 6) is 0.0488. The highest BCUT2D eigenvalue weighted by Gasteiger charge is 2.12. The molecule has 104 valence electrons. The highest BCUT2D eigenvalue weighted by Crippen LogP contribution is 2.25. The Morgan fingerprint density at radius 2 is 2.00 bits per heavy atom. The van der Waals surface area contributed by atoms with Gasteiger partial charge in [0.2, 0.25) is 0 Å². The highest BCUT2D eigenvalue weighted by atomic mass is 35.5. The lowest BCUT2D eigenvalue weighted by atomic mass is 10.3. The fourth-order valence-corrected chi connectivity index (χ4v) is 1.79. The molecule has 0 bridgehead atoms. The molecule has 0 aliphatic carbocycles. The smallest absolute Gasteiger partial charge is 0.262 e. The zero-order valence-electron chi connectivity index (χ0n) is 10.1. The van der Waals surface area contributed by atoms with E-state index in [1.54, 1.807) is 24.3 Å². The number of hydrogen-bond donors (Lipinski definition) is 2. The molecule has 0 aliphatic rings. The summed E-state index contributed by atoms with van der Waals surface area (Å²) >= 11 is 11.6. The van der Waals surface area contributed by atoms with Crippen molar-refractivity contribution in [2.24, 2.45) is 0 Å². The van der Waals surface area contributed by atoms with Crippen LogP contribution in [0.1, 0.15) is 0 Å². The molecule has 1 heterocycles. The second-order valence-electron chi connectivity index (χ2n) is 3.74. The Morgan fingerprint density at radius 3 is 2.65 bits per heavy atom. The number of nitrogens with zero attached hydrogens (tertiary/aromatic N) is 2. The minimum atomic E-state index is -0.439. The highest BCUT2D eigenvalue weighted by molar-refractivity contribution is 6.38. The van der Waals surface area contributed by atoms with Crippen LogP contribution in [-0.4, -0.2) is 22.5 Å². The molecule has 1 aromatic heterocycles. The molecule has 20 heavy (non-hydrogen) atoms. The van der Waals surface area contributed by atoms with Crippen LogP contribution in [0, 0.1) is 0 Å². The second kappa shape index (κ2) is 6.40. The average Bonchev–Trinajstić information content (AvgIpc) is 2.41. The van der Waals surface area contributed by atoms with E-state index < -0.39 is 5.91 Å². The second-order valence-corrected chi connectivity index (χ2v) is 4.46. The van der Waals surface area contributed by atoms with Crippen molar-refractivity contribution in [2.45, 2.75) is 0 Å². The van der Waals surface area contributed by atoms with Gasteiger partial charge in [0.25, 0.3) is 5.91 Å². The SMILES string of the molecule is Nc1cccc(OCC(=O)Nc2c(Cl)ncnc2Cl)c1. The zero-order valence-corrected chi connectivity index (χ0v) is 11.6. The third kappa shape index (κ3) is 3.72. The molecule has 6 nitrogen and oxygen atoms in total. The Hall–Kier alpha value is -2.05. The first-order chi connectivity index (χ1) is 9.56. The molecule has 8 heteroatoms. The summed E-state index contributed by atoms with van der Waals surface area (Å²) in [6.07, 6.45) is 1.20. The summed E-state index contributed by atoms with van der Waals surface area (Å²) < 4.78 is 5.28. The number of anilines is 2. The fraction of sp³-hybridized carbons (Fsp3) is 0.0833. The largest absolute Gasteiger partial charge is 0.484 e. The minimum absolute atomic E-state index is 0.0577. The summed E-state index contributed by atoms with van der Waals surface area (Å²) in [5, 5.41) is 2.59. The monoisotopic (exact) mass is 312 g/mol. The molecule has 1 amide bonds. The van der Waals surface area contributed by atoms with Gasteiger partial charge in [-0.05, 0) is 12.1 Å². The van der Waals surface area contributed by atoms with Gasteiger partial charge in [-0.15, -0.1) is 0 Å². The molecule has 0 spiro atoms. The van der Waals surface area contributed by atoms with E-state index in [1.807, 2.05) is 0 Å². The summed E-state index contributed by atoms with van der Waals surface area (Å²) in [7, 11) is 0. The van der Waals surface area contributed by atoms with Crippen LogP contribution in [0.15, 0.2) is 30.6 Å². The van der Waals surface area contributed by atoms with Gasteiger partial charge in [0, 0.05) is 11.8 Å². The zero-order chi connectivity index (χ0) is 14.5. The predicted molar refractivity (Wildman–Crippen MR) is 77.0 cm³/mol. The quantitative estimate of drug-likeness (QED) is 0.668. The molecule has 2 aromatic rings. The average molecular weight is 313 g/mol. The van der Waals surface area contributed by atoms with Crippen LogP contribution < -0.4 is 15.8 Å². The van der Waals surface area contributed by atoms with Crippen LogP contribution in [-0.2, 0) is 4.79 Å².